The third kappa shape index (κ3) is 0.904. The van der Waals surface area contributed by atoms with Gasteiger partial charge in [0.1, 0.15) is 0 Å². The highest BCUT2D eigenvalue weighted by molar-refractivity contribution is 7.07. The Labute approximate surface area is 47.8 Å². The predicted octanol–water partition coefficient (Wildman–Crippen LogP) is 0.569. The summed E-state index contributed by atoms with van der Waals surface area (Å²) in [5.74, 6) is 0. The zero-order valence-electron chi connectivity index (χ0n) is 4.85. The molecule has 0 aliphatic carbocycles. The molecule has 0 saturated carbocycles. The van der Waals surface area contributed by atoms with Gasteiger partial charge in [-0.25, -0.2) is 0 Å². The molecule has 0 saturated heterocycles. The van der Waals surface area contributed by atoms with E-state index in [1.807, 2.05) is 12.1 Å². The molecular formula is C6H6S. The second kappa shape index (κ2) is 1.51. The lowest BCUT2D eigenvalue weighted by Crippen LogP contribution is -1.84. The van der Waals surface area contributed by atoms with Gasteiger partial charge in [-0.2, -0.15) is 0 Å². The molecular weight excluding hydrogens is 104 g/mol. The van der Waals surface area contributed by atoms with Crippen LogP contribution in [0.2, 0.25) is 0 Å². The summed E-state index contributed by atoms with van der Waals surface area (Å²) in [6, 6.07) is 3.80. The maximum atomic E-state index is 6.81. The zero-order valence-corrected chi connectivity index (χ0v) is 4.66. The van der Waals surface area contributed by atoms with E-state index in [0.717, 1.165) is 9.06 Å². The summed E-state index contributed by atoms with van der Waals surface area (Å²) in [7, 11) is 0. The van der Waals surface area contributed by atoms with Crippen LogP contribution in [0.25, 0.3) is 13.1 Å². The quantitative estimate of drug-likeness (QED) is 0.459. The summed E-state index contributed by atoms with van der Waals surface area (Å²) in [6.07, 6.45) is 0. The molecule has 0 nitrogen and oxygen atoms in total. The van der Waals surface area contributed by atoms with Gasteiger partial charge in [0.2, 0.25) is 0 Å². The van der Waals surface area contributed by atoms with Crippen molar-refractivity contribution in [1.29, 1.82) is 0 Å². The van der Waals surface area contributed by atoms with Gasteiger partial charge in [-0.15, -0.1) is 11.3 Å². The van der Waals surface area contributed by atoms with Crippen LogP contribution in [0.3, 0.4) is 0 Å². The highest BCUT2D eigenvalue weighted by Crippen LogP contribution is 1.70. The summed E-state index contributed by atoms with van der Waals surface area (Å²) >= 11 is 1.53. The molecule has 0 amide bonds. The third-order valence-corrected chi connectivity index (χ3v) is 1.45. The third-order valence-electron chi connectivity index (χ3n) is 0.682. The van der Waals surface area contributed by atoms with E-state index in [1.54, 1.807) is 0 Å². The first-order valence-corrected chi connectivity index (χ1v) is 2.78. The van der Waals surface area contributed by atoms with Gasteiger partial charge in [0.25, 0.3) is 0 Å². The smallest absolute Gasteiger partial charge is 0.0552 e. The van der Waals surface area contributed by atoms with Crippen LogP contribution in [-0.2, 0) is 0 Å². The standard InChI is InChI=1S/C6H6S/c1-5-3-4-6(2)7-5/h3-4H,1-2H2/i1D/b5-1+. The largest absolute Gasteiger partial charge is 0.138 e. The molecule has 1 aromatic rings. The highest BCUT2D eigenvalue weighted by Gasteiger charge is 1.72. The Morgan fingerprint density at radius 2 is 2.29 bits per heavy atom. The average Bonchev–Trinajstić information content (AvgIpc) is 2.14. The number of hydrogen-bond donors (Lipinski definition) is 0. The Bertz CT molecular complexity index is 260. The Hall–Kier alpha value is -0.560. The van der Waals surface area contributed by atoms with Crippen molar-refractivity contribution in [3.8, 4) is 0 Å². The summed E-state index contributed by atoms with van der Waals surface area (Å²) < 4.78 is 8.80. The minimum atomic E-state index is 0.968. The fourth-order valence-corrected chi connectivity index (χ4v) is 0.969. The van der Waals surface area contributed by atoms with Crippen LogP contribution in [0.5, 0.6) is 0 Å². The van der Waals surface area contributed by atoms with Crippen LogP contribution in [-0.4, -0.2) is 0 Å². The molecule has 0 aromatic carbocycles. The Kier molecular flexibility index (Phi) is 0.740. The van der Waals surface area contributed by atoms with E-state index in [2.05, 4.69) is 6.58 Å². The Morgan fingerprint density at radius 1 is 1.57 bits per heavy atom. The van der Waals surface area contributed by atoms with Crippen LogP contribution in [0.1, 0.15) is 1.37 Å². The van der Waals surface area contributed by atoms with Crippen molar-refractivity contribution in [2.45, 2.75) is 0 Å². The first-order chi connectivity index (χ1) is 3.83. The van der Waals surface area contributed by atoms with E-state index >= 15 is 0 Å². The molecule has 0 aliphatic rings. The molecule has 36 valence electrons. The molecule has 0 N–H and O–H groups in total. The van der Waals surface area contributed by atoms with Crippen LogP contribution < -0.4 is 9.06 Å². The molecule has 1 heteroatoms. The normalized spacial score (nSPS) is 14.3. The van der Waals surface area contributed by atoms with Crippen molar-refractivity contribution in [3.05, 3.63) is 21.2 Å². The van der Waals surface area contributed by atoms with Gasteiger partial charge in [-0.05, 0) is 12.1 Å². The second-order valence-corrected chi connectivity index (χ2v) is 2.50. The fourth-order valence-electron chi connectivity index (χ4n) is 0.394. The van der Waals surface area contributed by atoms with Gasteiger partial charge < -0.3 is 0 Å². The molecule has 1 heterocycles. The second-order valence-electron chi connectivity index (χ2n) is 1.30. The minimum absolute atomic E-state index is 0.968. The topological polar surface area (TPSA) is 0 Å². The molecule has 0 unspecified atom stereocenters. The van der Waals surface area contributed by atoms with E-state index < -0.39 is 0 Å². The Morgan fingerprint density at radius 3 is 2.57 bits per heavy atom. The molecule has 0 spiro atoms. The lowest BCUT2D eigenvalue weighted by atomic mass is 10.6. The molecule has 0 radical (unpaired) electrons. The van der Waals surface area contributed by atoms with Crippen molar-refractivity contribution < 1.29 is 1.37 Å². The average molecular weight is 111 g/mol. The van der Waals surface area contributed by atoms with E-state index in [1.165, 1.54) is 17.9 Å². The van der Waals surface area contributed by atoms with Crippen molar-refractivity contribution in [2.75, 3.05) is 0 Å². The fraction of sp³-hybridized carbons (Fsp3) is 0. The highest BCUT2D eigenvalue weighted by atomic mass is 32.1. The lowest BCUT2D eigenvalue weighted by molar-refractivity contribution is 1.89. The summed E-state index contributed by atoms with van der Waals surface area (Å²) in [5, 5.41) is 0. The zero-order chi connectivity index (χ0) is 5.98. The van der Waals surface area contributed by atoms with Crippen molar-refractivity contribution >= 4 is 24.5 Å². The van der Waals surface area contributed by atoms with Crippen molar-refractivity contribution in [3.63, 3.8) is 0 Å². The van der Waals surface area contributed by atoms with Gasteiger partial charge in [0.05, 0.1) is 1.37 Å². The van der Waals surface area contributed by atoms with Crippen LogP contribution in [0.15, 0.2) is 12.1 Å². The van der Waals surface area contributed by atoms with E-state index in [9.17, 15) is 0 Å². The van der Waals surface area contributed by atoms with Gasteiger partial charge in [-0.1, -0.05) is 13.1 Å². The maximum absolute atomic E-state index is 6.81. The van der Waals surface area contributed by atoms with Crippen LogP contribution >= 0.6 is 11.3 Å². The first kappa shape index (κ1) is 3.44. The number of rotatable bonds is 0. The number of thiophene rings is 1. The SMILES string of the molecule is [2H]/C=c1\ccc(=C)s1. The first-order valence-electron chi connectivity index (χ1n) is 2.54. The monoisotopic (exact) mass is 111 g/mol. The van der Waals surface area contributed by atoms with Crippen LogP contribution in [0, 0.1) is 0 Å². The molecule has 0 atom stereocenters. The van der Waals surface area contributed by atoms with Crippen molar-refractivity contribution in [2.24, 2.45) is 0 Å². The molecule has 1 rings (SSSR count). The number of hydrogen-bond acceptors (Lipinski definition) is 1. The molecule has 7 heavy (non-hydrogen) atoms. The van der Waals surface area contributed by atoms with E-state index in [-0.39, 0.29) is 0 Å². The summed E-state index contributed by atoms with van der Waals surface area (Å²) in [4.78, 5) is 0. The molecule has 0 aliphatic heterocycles. The molecule has 1 aromatic heterocycles. The molecule has 0 fully saturated rings. The van der Waals surface area contributed by atoms with Gasteiger partial charge in [0, 0.05) is 9.06 Å². The van der Waals surface area contributed by atoms with Crippen molar-refractivity contribution in [1.82, 2.24) is 0 Å². The minimum Gasteiger partial charge on any atom is -0.138 e. The van der Waals surface area contributed by atoms with Gasteiger partial charge in [-0.3, -0.25) is 0 Å². The Balaban J connectivity index is 3.41. The lowest BCUT2D eigenvalue weighted by Gasteiger charge is -1.55. The van der Waals surface area contributed by atoms with Gasteiger partial charge >= 0.3 is 0 Å². The summed E-state index contributed by atoms with van der Waals surface area (Å²) in [6.45, 7) is 5.04. The van der Waals surface area contributed by atoms with E-state index in [4.69, 9.17) is 1.37 Å². The van der Waals surface area contributed by atoms with E-state index in [0.29, 0.717) is 0 Å². The van der Waals surface area contributed by atoms with Crippen LogP contribution in [0.4, 0.5) is 0 Å². The summed E-state index contributed by atoms with van der Waals surface area (Å²) in [5.41, 5.74) is 0. The molecule has 0 bridgehead atoms. The predicted molar refractivity (Wildman–Crippen MR) is 34.6 cm³/mol. The maximum Gasteiger partial charge on any atom is 0.0552 e. The van der Waals surface area contributed by atoms with Gasteiger partial charge in [0.15, 0.2) is 0 Å².